The van der Waals surface area contributed by atoms with E-state index in [1.807, 2.05) is 6.92 Å². The van der Waals surface area contributed by atoms with Gasteiger partial charge in [-0.3, -0.25) is 4.79 Å². The lowest BCUT2D eigenvalue weighted by Gasteiger charge is -2.08. The van der Waals surface area contributed by atoms with Crippen molar-refractivity contribution >= 4 is 23.1 Å². The number of ketones is 1. The molecule has 0 unspecified atom stereocenters. The number of nitrogens with one attached hydrogen (secondary N) is 1. The molecule has 0 aliphatic rings. The van der Waals surface area contributed by atoms with Crippen molar-refractivity contribution in [2.45, 2.75) is 6.92 Å². The van der Waals surface area contributed by atoms with Crippen molar-refractivity contribution in [3.63, 3.8) is 0 Å². The van der Waals surface area contributed by atoms with Crippen LogP contribution in [0.5, 0.6) is 5.75 Å². The molecule has 0 heterocycles. The molecular weight excluding hydrogens is 338 g/mol. The number of carbonyl (C=O) groups excluding carboxylic acids is 1. The summed E-state index contributed by atoms with van der Waals surface area (Å²) in [6.45, 7) is 2.44. The van der Waals surface area contributed by atoms with Crippen LogP contribution in [0, 0.1) is 22.7 Å². The molecule has 2 aromatic carbocycles. The monoisotopic (exact) mass is 351 g/mol. The van der Waals surface area contributed by atoms with Crippen LogP contribution >= 0.6 is 11.6 Å². The predicted molar refractivity (Wildman–Crippen MR) is 95.4 cm³/mol. The van der Waals surface area contributed by atoms with Gasteiger partial charge in [-0.05, 0) is 49.4 Å². The van der Waals surface area contributed by atoms with E-state index in [4.69, 9.17) is 26.9 Å². The molecule has 0 radical (unpaired) electrons. The minimum absolute atomic E-state index is 0.0979. The fourth-order valence-electron chi connectivity index (χ4n) is 2.05. The second-order valence-electron chi connectivity index (χ2n) is 4.91. The summed E-state index contributed by atoms with van der Waals surface area (Å²) in [5.41, 5.74) is 1.28. The second-order valence-corrected chi connectivity index (χ2v) is 5.31. The largest absolute Gasteiger partial charge is 0.494 e. The Morgan fingerprint density at radius 3 is 2.40 bits per heavy atom. The Morgan fingerprint density at radius 2 is 1.80 bits per heavy atom. The maximum Gasteiger partial charge on any atom is 0.193 e. The van der Waals surface area contributed by atoms with Crippen molar-refractivity contribution in [1.29, 1.82) is 10.5 Å². The standard InChI is InChI=1S/C19H14ClN3O2/c1-2-25-16-6-3-14(4-7-16)19(24)15-5-8-17(20)18(9-15)23-12-13(10-21)11-22/h3-9,12,23H,2H2,1H3. The smallest absolute Gasteiger partial charge is 0.193 e. The van der Waals surface area contributed by atoms with Gasteiger partial charge in [0.25, 0.3) is 0 Å². The Balaban J connectivity index is 2.26. The third-order valence-corrected chi connectivity index (χ3v) is 3.60. The van der Waals surface area contributed by atoms with Crippen molar-refractivity contribution in [3.8, 4) is 17.9 Å². The first-order chi connectivity index (χ1) is 12.1. The van der Waals surface area contributed by atoms with Gasteiger partial charge in [0.05, 0.1) is 17.3 Å². The lowest BCUT2D eigenvalue weighted by molar-refractivity contribution is 0.103. The highest BCUT2D eigenvalue weighted by Crippen LogP contribution is 2.25. The molecular formula is C19H14ClN3O2. The summed E-state index contributed by atoms with van der Waals surface area (Å²) in [4.78, 5) is 12.6. The molecule has 0 aromatic heterocycles. The van der Waals surface area contributed by atoms with Crippen molar-refractivity contribution in [3.05, 3.63) is 70.4 Å². The van der Waals surface area contributed by atoms with Gasteiger partial charge < -0.3 is 10.1 Å². The Bertz CT molecular complexity index is 874. The highest BCUT2D eigenvalue weighted by atomic mass is 35.5. The minimum Gasteiger partial charge on any atom is -0.494 e. The molecule has 1 N–H and O–H groups in total. The number of halogens is 1. The van der Waals surface area contributed by atoms with E-state index in [1.165, 1.54) is 6.20 Å². The molecule has 5 nitrogen and oxygen atoms in total. The van der Waals surface area contributed by atoms with Crippen molar-refractivity contribution in [2.24, 2.45) is 0 Å². The molecule has 2 rings (SSSR count). The van der Waals surface area contributed by atoms with E-state index in [-0.39, 0.29) is 11.4 Å². The van der Waals surface area contributed by atoms with Crippen LogP contribution < -0.4 is 10.1 Å². The fraction of sp³-hybridized carbons (Fsp3) is 0.105. The first-order valence-electron chi connectivity index (χ1n) is 7.43. The molecule has 0 bridgehead atoms. The maximum atomic E-state index is 12.6. The van der Waals surface area contributed by atoms with E-state index in [9.17, 15) is 4.79 Å². The summed E-state index contributed by atoms with van der Waals surface area (Å²) in [5.74, 6) is 0.524. The molecule has 25 heavy (non-hydrogen) atoms. The van der Waals surface area contributed by atoms with E-state index >= 15 is 0 Å². The number of benzene rings is 2. The third-order valence-electron chi connectivity index (χ3n) is 3.27. The van der Waals surface area contributed by atoms with Crippen LogP contribution in [0.15, 0.2) is 54.2 Å². The molecule has 0 saturated heterocycles. The van der Waals surface area contributed by atoms with Gasteiger partial charge in [0, 0.05) is 17.3 Å². The van der Waals surface area contributed by atoms with Crippen LogP contribution in [-0.4, -0.2) is 12.4 Å². The van der Waals surface area contributed by atoms with Crippen molar-refractivity contribution < 1.29 is 9.53 Å². The van der Waals surface area contributed by atoms with Crippen LogP contribution in [0.3, 0.4) is 0 Å². The van der Waals surface area contributed by atoms with Gasteiger partial charge in [-0.1, -0.05) is 11.6 Å². The van der Waals surface area contributed by atoms with Crippen LogP contribution in [0.2, 0.25) is 5.02 Å². The molecule has 6 heteroatoms. The van der Waals surface area contributed by atoms with Crippen LogP contribution in [0.25, 0.3) is 0 Å². The Morgan fingerprint density at radius 1 is 1.16 bits per heavy atom. The molecule has 0 aliphatic heterocycles. The van der Waals surface area contributed by atoms with E-state index in [2.05, 4.69) is 5.32 Å². The summed E-state index contributed by atoms with van der Waals surface area (Å²) in [5, 5.41) is 20.6. The summed E-state index contributed by atoms with van der Waals surface area (Å²) < 4.78 is 5.36. The quantitative estimate of drug-likeness (QED) is 0.619. The average Bonchev–Trinajstić information content (AvgIpc) is 2.64. The van der Waals surface area contributed by atoms with E-state index < -0.39 is 0 Å². The number of ether oxygens (including phenoxy) is 1. The number of hydrogen-bond donors (Lipinski definition) is 1. The Kier molecular flexibility index (Phi) is 6.17. The number of hydrogen-bond acceptors (Lipinski definition) is 5. The van der Waals surface area contributed by atoms with Crippen LogP contribution in [0.1, 0.15) is 22.8 Å². The van der Waals surface area contributed by atoms with Gasteiger partial charge in [0.15, 0.2) is 5.78 Å². The van der Waals surface area contributed by atoms with Gasteiger partial charge >= 0.3 is 0 Å². The van der Waals surface area contributed by atoms with Crippen molar-refractivity contribution in [2.75, 3.05) is 11.9 Å². The molecule has 0 aliphatic carbocycles. The zero-order valence-electron chi connectivity index (χ0n) is 13.4. The summed E-state index contributed by atoms with van der Waals surface area (Å²) in [6.07, 6.45) is 1.24. The highest BCUT2D eigenvalue weighted by molar-refractivity contribution is 6.33. The normalized spacial score (nSPS) is 9.44. The number of rotatable bonds is 6. The molecule has 124 valence electrons. The van der Waals surface area contributed by atoms with Gasteiger partial charge in [-0.2, -0.15) is 10.5 Å². The second kappa shape index (κ2) is 8.54. The number of carbonyl (C=O) groups is 1. The molecule has 0 spiro atoms. The number of allylic oxidation sites excluding steroid dienone is 1. The van der Waals surface area contributed by atoms with E-state index in [1.54, 1.807) is 54.6 Å². The summed E-state index contributed by atoms with van der Waals surface area (Å²) in [6, 6.07) is 15.1. The molecule has 0 saturated carbocycles. The first-order valence-corrected chi connectivity index (χ1v) is 7.80. The van der Waals surface area contributed by atoms with Crippen LogP contribution in [0.4, 0.5) is 5.69 Å². The Hall–Kier alpha value is -3.28. The third kappa shape index (κ3) is 4.60. The number of nitriles is 2. The number of anilines is 1. The van der Waals surface area contributed by atoms with Gasteiger partial charge in [-0.25, -0.2) is 0 Å². The molecule has 2 aromatic rings. The lowest BCUT2D eigenvalue weighted by Crippen LogP contribution is -2.03. The lowest BCUT2D eigenvalue weighted by atomic mass is 10.0. The molecule has 0 amide bonds. The predicted octanol–water partition coefficient (Wildman–Crippen LogP) is 4.31. The Labute approximate surface area is 150 Å². The van der Waals surface area contributed by atoms with Gasteiger partial charge in [0.2, 0.25) is 0 Å². The maximum absolute atomic E-state index is 12.6. The first kappa shape index (κ1) is 18.1. The zero-order chi connectivity index (χ0) is 18.2. The van der Waals surface area contributed by atoms with E-state index in [0.717, 1.165) is 0 Å². The minimum atomic E-state index is -0.174. The average molecular weight is 352 g/mol. The van der Waals surface area contributed by atoms with Gasteiger partial charge in [-0.15, -0.1) is 0 Å². The molecule has 0 atom stereocenters. The van der Waals surface area contributed by atoms with Crippen LogP contribution in [-0.2, 0) is 0 Å². The van der Waals surface area contributed by atoms with Gasteiger partial charge in [0.1, 0.15) is 23.5 Å². The summed E-state index contributed by atoms with van der Waals surface area (Å²) >= 11 is 6.09. The highest BCUT2D eigenvalue weighted by Gasteiger charge is 2.11. The topological polar surface area (TPSA) is 85.9 Å². The van der Waals surface area contributed by atoms with E-state index in [0.29, 0.717) is 34.2 Å². The molecule has 0 fully saturated rings. The SMILES string of the molecule is CCOc1ccc(C(=O)c2ccc(Cl)c(NC=C(C#N)C#N)c2)cc1. The van der Waals surface area contributed by atoms with Crippen molar-refractivity contribution in [1.82, 2.24) is 0 Å². The zero-order valence-corrected chi connectivity index (χ0v) is 14.2. The fourth-order valence-corrected chi connectivity index (χ4v) is 2.22. The summed E-state index contributed by atoms with van der Waals surface area (Å²) in [7, 11) is 0. The number of nitrogens with zero attached hydrogens (tertiary/aromatic N) is 2.